The molecule has 5 heteroatoms. The van der Waals surface area contributed by atoms with Gasteiger partial charge in [-0.1, -0.05) is 12.1 Å². The molecule has 1 unspecified atom stereocenters. The van der Waals surface area contributed by atoms with E-state index in [1.807, 2.05) is 13.2 Å². The van der Waals surface area contributed by atoms with Gasteiger partial charge >= 0.3 is 0 Å². The molecule has 1 atom stereocenters. The molecule has 0 amide bonds. The van der Waals surface area contributed by atoms with Gasteiger partial charge in [0.1, 0.15) is 0 Å². The molecule has 1 aromatic heterocycles. The van der Waals surface area contributed by atoms with Gasteiger partial charge in [-0.3, -0.25) is 0 Å². The number of hydrogen-bond acceptors (Lipinski definition) is 5. The van der Waals surface area contributed by atoms with E-state index in [9.17, 15) is 0 Å². The predicted molar refractivity (Wildman–Crippen MR) is 49.0 cm³/mol. The van der Waals surface area contributed by atoms with Crippen molar-refractivity contribution in [1.29, 1.82) is 0 Å². The van der Waals surface area contributed by atoms with E-state index in [1.54, 1.807) is 11.8 Å². The Hall–Kier alpha value is -0.550. The molecule has 0 saturated heterocycles. The van der Waals surface area contributed by atoms with Gasteiger partial charge in [0, 0.05) is 12.5 Å². The normalized spacial score (nSPS) is 13.2. The third kappa shape index (κ3) is 2.22. The van der Waals surface area contributed by atoms with Gasteiger partial charge in [-0.05, 0) is 6.26 Å². The van der Waals surface area contributed by atoms with Crippen molar-refractivity contribution in [3.05, 3.63) is 11.7 Å². The van der Waals surface area contributed by atoms with E-state index in [0.717, 1.165) is 11.6 Å². The zero-order valence-corrected chi connectivity index (χ0v) is 8.10. The summed E-state index contributed by atoms with van der Waals surface area (Å²) in [5.41, 5.74) is 5.45. The van der Waals surface area contributed by atoms with Crippen LogP contribution < -0.4 is 5.73 Å². The fourth-order valence-electron chi connectivity index (χ4n) is 0.756. The number of nitrogens with zero attached hydrogens (tertiary/aromatic N) is 2. The molecule has 0 saturated carbocycles. The van der Waals surface area contributed by atoms with Gasteiger partial charge in [0.2, 0.25) is 5.89 Å². The summed E-state index contributed by atoms with van der Waals surface area (Å²) in [7, 11) is 0. The molecular formula is C7H13N3OS. The van der Waals surface area contributed by atoms with Crippen molar-refractivity contribution in [1.82, 2.24) is 10.1 Å². The van der Waals surface area contributed by atoms with E-state index >= 15 is 0 Å². The van der Waals surface area contributed by atoms with Crippen LogP contribution >= 0.6 is 11.8 Å². The first-order valence-electron chi connectivity index (χ1n) is 3.79. The summed E-state index contributed by atoms with van der Waals surface area (Å²) in [5.74, 6) is 2.34. The third-order valence-corrected chi connectivity index (χ3v) is 2.08. The molecule has 0 fully saturated rings. The molecule has 1 heterocycles. The fourth-order valence-corrected chi connectivity index (χ4v) is 1.13. The molecule has 1 rings (SSSR count). The molecule has 68 valence electrons. The molecular weight excluding hydrogens is 174 g/mol. The Morgan fingerprint density at radius 2 is 2.42 bits per heavy atom. The Morgan fingerprint density at radius 1 is 1.67 bits per heavy atom. The topological polar surface area (TPSA) is 64.9 Å². The highest BCUT2D eigenvalue weighted by molar-refractivity contribution is 7.97. The predicted octanol–water partition coefficient (Wildman–Crippen LogP) is 0.995. The summed E-state index contributed by atoms with van der Waals surface area (Å²) in [5, 5.41) is 3.81. The van der Waals surface area contributed by atoms with Crippen molar-refractivity contribution in [3.63, 3.8) is 0 Å². The second kappa shape index (κ2) is 4.47. The van der Waals surface area contributed by atoms with Crippen LogP contribution in [0.1, 0.15) is 24.6 Å². The summed E-state index contributed by atoms with van der Waals surface area (Å²) in [4.78, 5) is 4.19. The van der Waals surface area contributed by atoms with Gasteiger partial charge < -0.3 is 10.3 Å². The Bertz CT molecular complexity index is 238. The maximum Gasteiger partial charge on any atom is 0.230 e. The maximum absolute atomic E-state index is 5.45. The first-order valence-corrected chi connectivity index (χ1v) is 5.18. The van der Waals surface area contributed by atoms with Gasteiger partial charge in [-0.25, -0.2) is 0 Å². The fraction of sp³-hybridized carbons (Fsp3) is 0.714. The first-order chi connectivity index (χ1) is 5.77. The molecule has 1 aromatic rings. The van der Waals surface area contributed by atoms with Crippen molar-refractivity contribution in [2.75, 3.05) is 12.8 Å². The van der Waals surface area contributed by atoms with E-state index in [-0.39, 0.29) is 5.92 Å². The summed E-state index contributed by atoms with van der Waals surface area (Å²) >= 11 is 1.67. The average Bonchev–Trinajstić information content (AvgIpc) is 2.52. The monoisotopic (exact) mass is 187 g/mol. The SMILES string of the molecule is CSCc1noc(C(C)CN)n1. The van der Waals surface area contributed by atoms with E-state index in [4.69, 9.17) is 10.3 Å². The Balaban J connectivity index is 2.63. The number of thioether (sulfide) groups is 1. The van der Waals surface area contributed by atoms with Crippen LogP contribution in [0.2, 0.25) is 0 Å². The zero-order chi connectivity index (χ0) is 8.97. The number of aromatic nitrogens is 2. The van der Waals surface area contributed by atoms with Gasteiger partial charge in [-0.2, -0.15) is 16.7 Å². The minimum Gasteiger partial charge on any atom is -0.339 e. The van der Waals surface area contributed by atoms with Crippen LogP contribution in [0.15, 0.2) is 4.52 Å². The lowest BCUT2D eigenvalue weighted by atomic mass is 10.2. The van der Waals surface area contributed by atoms with E-state index < -0.39 is 0 Å². The second-order valence-corrected chi connectivity index (χ2v) is 3.48. The number of rotatable bonds is 4. The number of hydrogen-bond donors (Lipinski definition) is 1. The Morgan fingerprint density at radius 3 is 3.00 bits per heavy atom. The van der Waals surface area contributed by atoms with Crippen LogP contribution in [0.4, 0.5) is 0 Å². The van der Waals surface area contributed by atoms with Crippen molar-refractivity contribution >= 4 is 11.8 Å². The largest absolute Gasteiger partial charge is 0.339 e. The molecule has 0 aliphatic carbocycles. The van der Waals surface area contributed by atoms with E-state index in [0.29, 0.717) is 12.4 Å². The summed E-state index contributed by atoms with van der Waals surface area (Å²) in [6.45, 7) is 2.51. The van der Waals surface area contributed by atoms with Gasteiger partial charge in [0.05, 0.1) is 5.75 Å². The Labute approximate surface area is 75.9 Å². The third-order valence-electron chi connectivity index (χ3n) is 1.53. The standard InChI is InChI=1S/C7H13N3OS/c1-5(3-8)7-9-6(4-12-2)10-11-7/h5H,3-4,8H2,1-2H3. The van der Waals surface area contributed by atoms with E-state index in [1.165, 1.54) is 0 Å². The summed E-state index contributed by atoms with van der Waals surface area (Å²) in [6.07, 6.45) is 2.00. The van der Waals surface area contributed by atoms with Crippen molar-refractivity contribution in [2.45, 2.75) is 18.6 Å². The lowest BCUT2D eigenvalue weighted by molar-refractivity contribution is 0.358. The van der Waals surface area contributed by atoms with Crippen LogP contribution in [0.25, 0.3) is 0 Å². The van der Waals surface area contributed by atoms with Crippen LogP contribution in [-0.2, 0) is 5.75 Å². The van der Waals surface area contributed by atoms with Crippen LogP contribution in [0.3, 0.4) is 0 Å². The maximum atomic E-state index is 5.45. The van der Waals surface area contributed by atoms with Gasteiger partial charge in [0.15, 0.2) is 5.82 Å². The smallest absolute Gasteiger partial charge is 0.230 e. The Kier molecular flexibility index (Phi) is 3.55. The lowest BCUT2D eigenvalue weighted by Gasteiger charge is -1.98. The zero-order valence-electron chi connectivity index (χ0n) is 7.28. The van der Waals surface area contributed by atoms with Crippen LogP contribution in [0.5, 0.6) is 0 Å². The van der Waals surface area contributed by atoms with Crippen molar-refractivity contribution in [2.24, 2.45) is 5.73 Å². The molecule has 0 radical (unpaired) electrons. The first kappa shape index (κ1) is 9.54. The van der Waals surface area contributed by atoms with Crippen LogP contribution in [0, 0.1) is 0 Å². The summed E-state index contributed by atoms with van der Waals surface area (Å²) in [6, 6.07) is 0. The quantitative estimate of drug-likeness (QED) is 0.761. The van der Waals surface area contributed by atoms with Crippen LogP contribution in [-0.4, -0.2) is 22.9 Å². The summed E-state index contributed by atoms with van der Waals surface area (Å²) < 4.78 is 5.02. The molecule has 2 N–H and O–H groups in total. The average molecular weight is 187 g/mol. The van der Waals surface area contributed by atoms with Gasteiger partial charge in [0.25, 0.3) is 0 Å². The minimum atomic E-state index is 0.160. The molecule has 0 aromatic carbocycles. The van der Waals surface area contributed by atoms with Crippen molar-refractivity contribution in [3.8, 4) is 0 Å². The highest BCUT2D eigenvalue weighted by atomic mass is 32.2. The minimum absolute atomic E-state index is 0.160. The molecule has 4 nitrogen and oxygen atoms in total. The molecule has 0 bridgehead atoms. The van der Waals surface area contributed by atoms with Gasteiger partial charge in [-0.15, -0.1) is 0 Å². The molecule has 12 heavy (non-hydrogen) atoms. The van der Waals surface area contributed by atoms with Crippen molar-refractivity contribution < 1.29 is 4.52 Å². The second-order valence-electron chi connectivity index (χ2n) is 2.62. The highest BCUT2D eigenvalue weighted by Crippen LogP contribution is 2.12. The molecule has 0 aliphatic heterocycles. The lowest BCUT2D eigenvalue weighted by Crippen LogP contribution is -2.09. The van der Waals surface area contributed by atoms with E-state index in [2.05, 4.69) is 10.1 Å². The highest BCUT2D eigenvalue weighted by Gasteiger charge is 2.11. The number of nitrogens with two attached hydrogens (primary N) is 1. The molecule has 0 aliphatic rings. The molecule has 0 spiro atoms.